The summed E-state index contributed by atoms with van der Waals surface area (Å²) in [6.07, 6.45) is -0.400. The molecule has 0 radical (unpaired) electrons. The Labute approximate surface area is 79.3 Å². The minimum atomic E-state index is -0.400. The summed E-state index contributed by atoms with van der Waals surface area (Å²) in [6.45, 7) is 5.36. The first-order chi connectivity index (χ1) is 6.27. The van der Waals surface area contributed by atoms with E-state index in [2.05, 4.69) is 0 Å². The van der Waals surface area contributed by atoms with Gasteiger partial charge in [-0.15, -0.1) is 0 Å². The molecule has 0 aliphatic carbocycles. The van der Waals surface area contributed by atoms with E-state index < -0.39 is 6.17 Å². The van der Waals surface area contributed by atoms with Gasteiger partial charge in [0, 0.05) is 6.61 Å². The molecule has 0 aromatic carbocycles. The molecule has 0 rings (SSSR count). The third kappa shape index (κ3) is 11.8. The monoisotopic (exact) mass is 192 g/mol. The van der Waals surface area contributed by atoms with Gasteiger partial charge in [-0.25, -0.2) is 0 Å². The van der Waals surface area contributed by atoms with Crippen LogP contribution in [-0.4, -0.2) is 45.8 Å². The molecule has 5 heteroatoms. The lowest BCUT2D eigenvalue weighted by atomic mass is 10.6. The van der Waals surface area contributed by atoms with E-state index in [4.69, 9.17) is 25.7 Å². The smallest absolute Gasteiger partial charge is 0.0762 e. The summed E-state index contributed by atoms with van der Waals surface area (Å²) in [5.74, 6) is 0. The lowest BCUT2D eigenvalue weighted by molar-refractivity contribution is 0.0146. The molecule has 0 bridgehead atoms. The minimum absolute atomic E-state index is 0.370. The maximum atomic E-state index is 5.26. The first kappa shape index (κ1) is 12.8. The Hall–Kier alpha value is -0.200. The maximum Gasteiger partial charge on any atom is 0.0762 e. The average molecular weight is 192 g/mol. The highest BCUT2D eigenvalue weighted by atomic mass is 16.5. The zero-order valence-corrected chi connectivity index (χ0v) is 8.20. The van der Waals surface area contributed by atoms with Crippen LogP contribution in [0.15, 0.2) is 0 Å². The Morgan fingerprint density at radius 3 is 2.00 bits per heavy atom. The molecule has 5 nitrogen and oxygen atoms in total. The fraction of sp³-hybridized carbons (Fsp3) is 1.00. The van der Waals surface area contributed by atoms with Crippen LogP contribution in [0.5, 0.6) is 0 Å². The van der Waals surface area contributed by atoms with Gasteiger partial charge in [-0.1, -0.05) is 0 Å². The van der Waals surface area contributed by atoms with Gasteiger partial charge in [-0.05, 0) is 6.92 Å². The summed E-state index contributed by atoms with van der Waals surface area (Å²) in [5.41, 5.74) is 10.5. The molecule has 0 fully saturated rings. The quantitative estimate of drug-likeness (QED) is 0.373. The Bertz CT molecular complexity index is 101. The number of nitrogens with two attached hydrogens (primary N) is 2. The molecule has 0 atom stereocenters. The Morgan fingerprint density at radius 1 is 0.923 bits per heavy atom. The maximum absolute atomic E-state index is 5.26. The molecule has 4 N–H and O–H groups in total. The van der Waals surface area contributed by atoms with Crippen LogP contribution in [0.25, 0.3) is 0 Å². The normalized spacial score (nSPS) is 11.1. The van der Waals surface area contributed by atoms with Crippen LogP contribution in [-0.2, 0) is 14.2 Å². The van der Waals surface area contributed by atoms with Crippen LogP contribution in [0.4, 0.5) is 0 Å². The van der Waals surface area contributed by atoms with Crippen molar-refractivity contribution >= 4 is 0 Å². The molecule has 0 spiro atoms. The fourth-order valence-electron chi connectivity index (χ4n) is 0.702. The van der Waals surface area contributed by atoms with Gasteiger partial charge >= 0.3 is 0 Å². The highest BCUT2D eigenvalue weighted by Gasteiger charge is 1.93. The van der Waals surface area contributed by atoms with Crippen molar-refractivity contribution in [2.24, 2.45) is 11.5 Å². The lowest BCUT2D eigenvalue weighted by Gasteiger charge is -2.07. The van der Waals surface area contributed by atoms with Crippen LogP contribution >= 0.6 is 0 Å². The van der Waals surface area contributed by atoms with Crippen molar-refractivity contribution < 1.29 is 14.2 Å². The molecule has 0 saturated carbocycles. The Kier molecular flexibility index (Phi) is 9.73. The van der Waals surface area contributed by atoms with E-state index in [1.165, 1.54) is 0 Å². The Balaban J connectivity index is 2.84. The molecule has 0 unspecified atom stereocenters. The van der Waals surface area contributed by atoms with E-state index in [9.17, 15) is 0 Å². The second-order valence-electron chi connectivity index (χ2n) is 2.55. The van der Waals surface area contributed by atoms with Gasteiger partial charge in [0.05, 0.1) is 39.2 Å². The topological polar surface area (TPSA) is 79.7 Å². The molecule has 0 aromatic rings. The molecular weight excluding hydrogens is 172 g/mol. The lowest BCUT2D eigenvalue weighted by Crippen LogP contribution is -2.35. The average Bonchev–Trinajstić information content (AvgIpc) is 2.09. The zero-order chi connectivity index (χ0) is 9.94. The van der Waals surface area contributed by atoms with E-state index in [1.54, 1.807) is 0 Å². The molecule has 0 heterocycles. The molecule has 0 aromatic heterocycles. The van der Waals surface area contributed by atoms with Crippen LogP contribution in [0.1, 0.15) is 6.92 Å². The number of hydrogen-bond acceptors (Lipinski definition) is 5. The van der Waals surface area contributed by atoms with E-state index >= 15 is 0 Å². The molecular formula is C8H20N2O3. The van der Waals surface area contributed by atoms with Crippen molar-refractivity contribution in [3.8, 4) is 0 Å². The van der Waals surface area contributed by atoms with Crippen LogP contribution in [0.2, 0.25) is 0 Å². The molecule has 0 aliphatic rings. The van der Waals surface area contributed by atoms with Crippen molar-refractivity contribution in [3.63, 3.8) is 0 Å². The number of hydrogen-bond donors (Lipinski definition) is 2. The van der Waals surface area contributed by atoms with Crippen molar-refractivity contribution in [3.05, 3.63) is 0 Å². The SMILES string of the molecule is CCOCCOCCOCC(N)N. The van der Waals surface area contributed by atoms with Crippen molar-refractivity contribution in [1.82, 2.24) is 0 Å². The van der Waals surface area contributed by atoms with E-state index in [0.717, 1.165) is 6.61 Å². The third-order valence-electron chi connectivity index (χ3n) is 1.26. The second kappa shape index (κ2) is 9.88. The predicted octanol–water partition coefficient (Wildman–Crippen LogP) is -0.700. The van der Waals surface area contributed by atoms with Crippen LogP contribution in [0, 0.1) is 0 Å². The van der Waals surface area contributed by atoms with E-state index in [-0.39, 0.29) is 0 Å². The van der Waals surface area contributed by atoms with Crippen LogP contribution < -0.4 is 11.5 Å². The van der Waals surface area contributed by atoms with Gasteiger partial charge in [0.1, 0.15) is 0 Å². The molecule has 0 amide bonds. The summed E-state index contributed by atoms with van der Waals surface area (Å²) in [4.78, 5) is 0. The zero-order valence-electron chi connectivity index (χ0n) is 8.20. The standard InChI is InChI=1S/C8H20N2O3/c1-2-11-3-4-12-5-6-13-7-8(9)10/h8H,2-7,9-10H2,1H3. The van der Waals surface area contributed by atoms with Gasteiger partial charge in [0.25, 0.3) is 0 Å². The largest absolute Gasteiger partial charge is 0.379 e. The summed E-state index contributed by atoms with van der Waals surface area (Å²) in [5, 5.41) is 0. The molecule has 80 valence electrons. The minimum Gasteiger partial charge on any atom is -0.379 e. The van der Waals surface area contributed by atoms with Gasteiger partial charge < -0.3 is 25.7 Å². The van der Waals surface area contributed by atoms with Crippen molar-refractivity contribution in [1.29, 1.82) is 0 Å². The first-order valence-corrected chi connectivity index (χ1v) is 4.51. The molecule has 0 aliphatic heterocycles. The molecule has 13 heavy (non-hydrogen) atoms. The van der Waals surface area contributed by atoms with Gasteiger partial charge in [0.15, 0.2) is 0 Å². The van der Waals surface area contributed by atoms with Crippen LogP contribution in [0.3, 0.4) is 0 Å². The van der Waals surface area contributed by atoms with Gasteiger partial charge in [-0.3, -0.25) is 0 Å². The second-order valence-corrected chi connectivity index (χ2v) is 2.55. The summed E-state index contributed by atoms with van der Waals surface area (Å²) >= 11 is 0. The van der Waals surface area contributed by atoms with Crippen molar-refractivity contribution in [2.75, 3.05) is 39.6 Å². The first-order valence-electron chi connectivity index (χ1n) is 4.51. The fourth-order valence-corrected chi connectivity index (χ4v) is 0.702. The third-order valence-corrected chi connectivity index (χ3v) is 1.26. The van der Waals surface area contributed by atoms with Gasteiger partial charge in [-0.2, -0.15) is 0 Å². The summed E-state index contributed by atoms with van der Waals surface area (Å²) in [6, 6.07) is 0. The van der Waals surface area contributed by atoms with Crippen molar-refractivity contribution in [2.45, 2.75) is 13.1 Å². The predicted molar refractivity (Wildman–Crippen MR) is 50.3 cm³/mol. The molecule has 0 saturated heterocycles. The van der Waals surface area contributed by atoms with E-state index in [0.29, 0.717) is 33.0 Å². The number of rotatable bonds is 9. The summed E-state index contributed by atoms with van der Waals surface area (Å²) < 4.78 is 15.3. The summed E-state index contributed by atoms with van der Waals surface area (Å²) in [7, 11) is 0. The van der Waals surface area contributed by atoms with Gasteiger partial charge in [0.2, 0.25) is 0 Å². The Morgan fingerprint density at radius 2 is 1.46 bits per heavy atom. The highest BCUT2D eigenvalue weighted by molar-refractivity contribution is 4.45. The number of ether oxygens (including phenoxy) is 3. The van der Waals surface area contributed by atoms with E-state index in [1.807, 2.05) is 6.92 Å². The highest BCUT2D eigenvalue weighted by Crippen LogP contribution is 1.80.